The van der Waals surface area contributed by atoms with E-state index >= 15 is 0 Å². The summed E-state index contributed by atoms with van der Waals surface area (Å²) in [7, 11) is 0. The smallest absolute Gasteiger partial charge is 0.347 e. The van der Waals surface area contributed by atoms with Crippen LogP contribution >= 0.6 is 0 Å². The Bertz CT molecular complexity index is 1140. The maximum absolute atomic E-state index is 14.7. The summed E-state index contributed by atoms with van der Waals surface area (Å²) < 4.78 is 79.8. The van der Waals surface area contributed by atoms with E-state index in [0.29, 0.717) is 31.7 Å². The number of nitrogens with zero attached hydrogens (tertiary/aromatic N) is 2. The molecule has 1 N–H and O–H groups in total. The fourth-order valence-electron chi connectivity index (χ4n) is 4.64. The van der Waals surface area contributed by atoms with Crippen molar-refractivity contribution in [1.29, 1.82) is 0 Å². The number of carbonyl (C=O) groups excluding carboxylic acids is 2. The summed E-state index contributed by atoms with van der Waals surface area (Å²) in [5.41, 5.74) is -1.75. The number of pyridine rings is 1. The maximum atomic E-state index is 14.7. The van der Waals surface area contributed by atoms with Gasteiger partial charge in [0.2, 0.25) is 5.91 Å². The molecule has 1 aliphatic carbocycles. The van der Waals surface area contributed by atoms with Crippen molar-refractivity contribution in [3.8, 4) is 0 Å². The zero-order valence-electron chi connectivity index (χ0n) is 19.4. The van der Waals surface area contributed by atoms with Crippen molar-refractivity contribution in [2.45, 2.75) is 57.3 Å². The van der Waals surface area contributed by atoms with Gasteiger partial charge in [-0.05, 0) is 55.4 Å². The lowest BCUT2D eigenvalue weighted by Crippen LogP contribution is -2.47. The molecule has 11 heteroatoms. The van der Waals surface area contributed by atoms with Gasteiger partial charge >= 0.3 is 6.18 Å². The summed E-state index contributed by atoms with van der Waals surface area (Å²) in [6.07, 6.45) is -4.12. The average Bonchev–Trinajstić information content (AvgIpc) is 3.59. The Kier molecular flexibility index (Phi) is 7.28. The predicted molar refractivity (Wildman–Crippen MR) is 117 cm³/mol. The minimum Gasteiger partial charge on any atom is -0.347 e. The molecule has 1 unspecified atom stereocenters. The Labute approximate surface area is 203 Å². The van der Waals surface area contributed by atoms with E-state index in [9.17, 15) is 35.9 Å². The number of aromatic nitrogens is 1. The summed E-state index contributed by atoms with van der Waals surface area (Å²) in [4.78, 5) is 31.4. The topological polar surface area (TPSA) is 62.3 Å². The first kappa shape index (κ1) is 26.0. The molecule has 2 heterocycles. The van der Waals surface area contributed by atoms with Gasteiger partial charge in [-0.25, -0.2) is 13.2 Å². The SMILES string of the molecule is CC[C@@H]1C[C@H](C(=O)NC(c2ccc(C(F)(F)F)cc2F)C2CC2)N(C(=O)c2ccnc(C(F)F)c2)C1. The van der Waals surface area contributed by atoms with Gasteiger partial charge in [0.05, 0.1) is 11.6 Å². The number of likely N-dealkylation sites (tertiary alicyclic amines) is 1. The molecule has 2 amide bonds. The summed E-state index contributed by atoms with van der Waals surface area (Å²) in [5.74, 6) is -2.37. The van der Waals surface area contributed by atoms with Crippen LogP contribution in [-0.4, -0.2) is 34.3 Å². The molecule has 5 nitrogen and oxygen atoms in total. The zero-order chi connectivity index (χ0) is 26.2. The van der Waals surface area contributed by atoms with Crippen LogP contribution in [-0.2, 0) is 11.0 Å². The molecular weight excluding hydrogens is 488 g/mol. The van der Waals surface area contributed by atoms with Crippen molar-refractivity contribution >= 4 is 11.8 Å². The molecule has 36 heavy (non-hydrogen) atoms. The Hall–Kier alpha value is -3.11. The van der Waals surface area contributed by atoms with Crippen LogP contribution in [0.2, 0.25) is 0 Å². The minimum atomic E-state index is -4.70. The summed E-state index contributed by atoms with van der Waals surface area (Å²) in [5, 5.41) is 2.76. The third kappa shape index (κ3) is 5.49. The van der Waals surface area contributed by atoms with Gasteiger partial charge in [-0.3, -0.25) is 14.6 Å². The van der Waals surface area contributed by atoms with Crippen molar-refractivity contribution in [2.24, 2.45) is 11.8 Å². The normalized spacial score (nSPS) is 21.1. The molecule has 2 aliphatic rings. The molecule has 2 aromatic rings. The average molecular weight is 513 g/mol. The van der Waals surface area contributed by atoms with Crippen LogP contribution in [0, 0.1) is 17.7 Å². The number of amides is 2. The molecule has 1 saturated carbocycles. The first-order chi connectivity index (χ1) is 17.0. The van der Waals surface area contributed by atoms with Gasteiger partial charge in [-0.1, -0.05) is 19.4 Å². The van der Waals surface area contributed by atoms with Crippen LogP contribution in [0.1, 0.15) is 72.3 Å². The Balaban J connectivity index is 1.57. The van der Waals surface area contributed by atoms with Crippen molar-refractivity contribution in [3.63, 3.8) is 0 Å². The predicted octanol–water partition coefficient (Wildman–Crippen LogP) is 5.69. The third-order valence-electron chi connectivity index (χ3n) is 6.83. The molecule has 0 spiro atoms. The fraction of sp³-hybridized carbons (Fsp3) is 0.480. The van der Waals surface area contributed by atoms with Crippen LogP contribution in [0.4, 0.5) is 26.3 Å². The highest BCUT2D eigenvalue weighted by Gasteiger charge is 2.42. The molecule has 4 rings (SSSR count). The highest BCUT2D eigenvalue weighted by molar-refractivity contribution is 5.98. The van der Waals surface area contributed by atoms with Crippen LogP contribution < -0.4 is 5.32 Å². The number of hydrogen-bond donors (Lipinski definition) is 1. The monoisotopic (exact) mass is 513 g/mol. The largest absolute Gasteiger partial charge is 0.416 e. The van der Waals surface area contributed by atoms with Crippen LogP contribution in [0.15, 0.2) is 36.5 Å². The second-order valence-electron chi connectivity index (χ2n) is 9.31. The van der Waals surface area contributed by atoms with E-state index in [1.807, 2.05) is 6.92 Å². The van der Waals surface area contributed by atoms with Crippen molar-refractivity contribution in [3.05, 3.63) is 64.7 Å². The van der Waals surface area contributed by atoms with Gasteiger partial charge < -0.3 is 10.2 Å². The molecule has 1 aliphatic heterocycles. The van der Waals surface area contributed by atoms with Gasteiger partial charge in [0.25, 0.3) is 12.3 Å². The number of rotatable bonds is 7. The Morgan fingerprint density at radius 1 is 1.17 bits per heavy atom. The number of alkyl halides is 5. The zero-order valence-corrected chi connectivity index (χ0v) is 19.4. The van der Waals surface area contributed by atoms with Crippen molar-refractivity contribution in [2.75, 3.05) is 6.54 Å². The van der Waals surface area contributed by atoms with Gasteiger partial charge in [0.15, 0.2) is 0 Å². The molecule has 194 valence electrons. The van der Waals surface area contributed by atoms with Crippen LogP contribution in [0.25, 0.3) is 0 Å². The van der Waals surface area contributed by atoms with E-state index in [2.05, 4.69) is 10.3 Å². The highest BCUT2D eigenvalue weighted by Crippen LogP contribution is 2.43. The first-order valence-corrected chi connectivity index (χ1v) is 11.7. The molecule has 1 aromatic carbocycles. The molecule has 0 radical (unpaired) electrons. The summed E-state index contributed by atoms with van der Waals surface area (Å²) in [6, 6.07) is 2.76. The molecular formula is C25H25F6N3O2. The first-order valence-electron chi connectivity index (χ1n) is 11.7. The Morgan fingerprint density at radius 3 is 2.47 bits per heavy atom. The van der Waals surface area contributed by atoms with Gasteiger partial charge in [-0.2, -0.15) is 13.2 Å². The second kappa shape index (κ2) is 10.1. The standard InChI is InChI=1S/C25H25F6N3O2/c1-2-13-9-20(34(12-13)24(36)15-7-8-32-19(10-15)22(27)28)23(35)33-21(14-3-4-14)17-6-5-16(11-18(17)26)25(29,30)31/h5-8,10-11,13-14,20-22H,2-4,9,12H2,1H3,(H,33,35)/t13-,20-,21?/m1/s1. The maximum Gasteiger partial charge on any atom is 0.416 e. The quantitative estimate of drug-likeness (QED) is 0.485. The van der Waals surface area contributed by atoms with Gasteiger partial charge in [-0.15, -0.1) is 0 Å². The fourth-order valence-corrected chi connectivity index (χ4v) is 4.64. The van der Waals surface area contributed by atoms with Crippen LogP contribution in [0.5, 0.6) is 0 Å². The van der Waals surface area contributed by atoms with E-state index in [1.165, 1.54) is 11.0 Å². The number of halogens is 6. The molecule has 1 saturated heterocycles. The van der Waals surface area contributed by atoms with Crippen LogP contribution in [0.3, 0.4) is 0 Å². The third-order valence-corrected chi connectivity index (χ3v) is 6.83. The van der Waals surface area contributed by atoms with E-state index in [-0.39, 0.29) is 29.5 Å². The summed E-state index contributed by atoms with van der Waals surface area (Å²) in [6.45, 7) is 2.14. The number of hydrogen-bond acceptors (Lipinski definition) is 3. The number of nitrogens with one attached hydrogen (secondary N) is 1. The highest BCUT2D eigenvalue weighted by atomic mass is 19.4. The lowest BCUT2D eigenvalue weighted by Gasteiger charge is -2.27. The summed E-state index contributed by atoms with van der Waals surface area (Å²) >= 11 is 0. The van der Waals surface area contributed by atoms with E-state index in [1.54, 1.807) is 0 Å². The second-order valence-corrected chi connectivity index (χ2v) is 9.31. The van der Waals surface area contributed by atoms with Crippen molar-refractivity contribution < 1.29 is 35.9 Å². The van der Waals surface area contributed by atoms with E-state index in [0.717, 1.165) is 24.4 Å². The van der Waals surface area contributed by atoms with E-state index in [4.69, 9.17) is 0 Å². The minimum absolute atomic E-state index is 0.0108. The van der Waals surface area contributed by atoms with Crippen molar-refractivity contribution in [1.82, 2.24) is 15.2 Å². The molecule has 0 bridgehead atoms. The van der Waals surface area contributed by atoms with E-state index < -0.39 is 53.6 Å². The van der Waals surface area contributed by atoms with Gasteiger partial charge in [0.1, 0.15) is 17.6 Å². The van der Waals surface area contributed by atoms with Gasteiger partial charge in [0, 0.05) is 23.9 Å². The Morgan fingerprint density at radius 2 is 1.89 bits per heavy atom. The number of carbonyl (C=O) groups is 2. The molecule has 2 fully saturated rings. The molecule has 1 aromatic heterocycles. The number of benzene rings is 1. The lowest BCUT2D eigenvalue weighted by atomic mass is 9.98. The lowest BCUT2D eigenvalue weighted by molar-refractivity contribution is -0.137. The molecule has 3 atom stereocenters.